The number of thiazole rings is 1. The van der Waals surface area contributed by atoms with E-state index in [0.29, 0.717) is 17.3 Å². The first-order chi connectivity index (χ1) is 13.7. The van der Waals surface area contributed by atoms with E-state index in [0.717, 1.165) is 21.9 Å². The van der Waals surface area contributed by atoms with Gasteiger partial charge in [-0.05, 0) is 43.4 Å². The zero-order chi connectivity index (χ0) is 19.5. The zero-order valence-corrected chi connectivity index (χ0v) is 17.0. The first-order valence-electron chi connectivity index (χ1n) is 9.61. The van der Waals surface area contributed by atoms with E-state index in [1.54, 1.807) is 13.3 Å². The highest BCUT2D eigenvalue weighted by Crippen LogP contribution is 2.37. The number of carbonyl (C=O) groups is 1. The average molecular weight is 393 g/mol. The molecule has 144 valence electrons. The minimum atomic E-state index is 0.0647. The van der Waals surface area contributed by atoms with Gasteiger partial charge in [-0.3, -0.25) is 4.79 Å². The predicted octanol–water partition coefficient (Wildman–Crippen LogP) is 5.26. The lowest BCUT2D eigenvalue weighted by Gasteiger charge is -2.29. The molecule has 0 N–H and O–H groups in total. The standard InChI is InChI=1S/C23H24N2O2S/c1-16(18-10-11-18)25(15-17-8-12-20(27-2)13-9-17)23(26)21-14-24-22(28-21)19-6-4-3-5-7-19/h3-9,12-14,16,18H,10-11,15H2,1-2H3. The van der Waals surface area contributed by atoms with Gasteiger partial charge in [-0.2, -0.15) is 0 Å². The summed E-state index contributed by atoms with van der Waals surface area (Å²) in [4.78, 5) is 20.6. The van der Waals surface area contributed by atoms with E-state index >= 15 is 0 Å². The second kappa shape index (κ2) is 8.15. The van der Waals surface area contributed by atoms with E-state index in [1.807, 2.05) is 59.5 Å². The molecule has 0 saturated heterocycles. The zero-order valence-electron chi connectivity index (χ0n) is 16.2. The quantitative estimate of drug-likeness (QED) is 0.551. The van der Waals surface area contributed by atoms with Gasteiger partial charge in [-0.15, -0.1) is 11.3 Å². The molecule has 0 aliphatic heterocycles. The minimum Gasteiger partial charge on any atom is -0.497 e. The van der Waals surface area contributed by atoms with Gasteiger partial charge in [0.05, 0.1) is 13.3 Å². The van der Waals surface area contributed by atoms with Crippen molar-refractivity contribution in [3.05, 3.63) is 71.2 Å². The summed E-state index contributed by atoms with van der Waals surface area (Å²) in [7, 11) is 1.66. The minimum absolute atomic E-state index is 0.0647. The molecule has 1 fully saturated rings. The van der Waals surface area contributed by atoms with Gasteiger partial charge in [0.2, 0.25) is 0 Å². The summed E-state index contributed by atoms with van der Waals surface area (Å²) in [5.74, 6) is 1.49. The Labute approximate surface area is 169 Å². The van der Waals surface area contributed by atoms with Crippen LogP contribution in [0.3, 0.4) is 0 Å². The van der Waals surface area contributed by atoms with Crippen LogP contribution in [0.15, 0.2) is 60.8 Å². The van der Waals surface area contributed by atoms with Crippen molar-refractivity contribution in [2.75, 3.05) is 7.11 Å². The van der Waals surface area contributed by atoms with Crippen LogP contribution >= 0.6 is 11.3 Å². The van der Waals surface area contributed by atoms with Crippen molar-refractivity contribution >= 4 is 17.2 Å². The van der Waals surface area contributed by atoms with Crippen LogP contribution in [-0.4, -0.2) is 28.9 Å². The molecule has 1 atom stereocenters. The lowest BCUT2D eigenvalue weighted by Crippen LogP contribution is -2.39. The Morgan fingerprint density at radius 1 is 1.18 bits per heavy atom. The molecular weight excluding hydrogens is 368 g/mol. The SMILES string of the molecule is COc1ccc(CN(C(=O)c2cnc(-c3ccccc3)s2)C(C)C2CC2)cc1. The number of hydrogen-bond acceptors (Lipinski definition) is 4. The molecule has 1 unspecified atom stereocenters. The van der Waals surface area contributed by atoms with Gasteiger partial charge < -0.3 is 9.64 Å². The molecule has 5 heteroatoms. The highest BCUT2D eigenvalue weighted by Gasteiger charge is 2.35. The topological polar surface area (TPSA) is 42.4 Å². The normalized spacial score (nSPS) is 14.5. The number of ether oxygens (including phenoxy) is 1. The van der Waals surface area contributed by atoms with Crippen LogP contribution < -0.4 is 4.74 Å². The molecule has 3 aromatic rings. The maximum Gasteiger partial charge on any atom is 0.266 e. The highest BCUT2D eigenvalue weighted by atomic mass is 32.1. The molecule has 1 aliphatic rings. The molecule has 1 heterocycles. The fraction of sp³-hybridized carbons (Fsp3) is 0.304. The molecular formula is C23H24N2O2S. The smallest absolute Gasteiger partial charge is 0.266 e. The Morgan fingerprint density at radius 3 is 2.54 bits per heavy atom. The average Bonchev–Trinajstić information content (AvgIpc) is 3.48. The summed E-state index contributed by atoms with van der Waals surface area (Å²) in [5, 5.41) is 0.882. The van der Waals surface area contributed by atoms with Gasteiger partial charge in [0.1, 0.15) is 15.6 Å². The maximum atomic E-state index is 13.4. The number of carbonyl (C=O) groups excluding carboxylic acids is 1. The molecule has 1 amide bonds. The monoisotopic (exact) mass is 392 g/mol. The Bertz CT molecular complexity index is 933. The summed E-state index contributed by atoms with van der Waals surface area (Å²) >= 11 is 1.47. The van der Waals surface area contributed by atoms with Gasteiger partial charge in [0, 0.05) is 18.2 Å². The van der Waals surface area contributed by atoms with E-state index in [4.69, 9.17) is 4.74 Å². The van der Waals surface area contributed by atoms with Crippen molar-refractivity contribution in [3.63, 3.8) is 0 Å². The van der Waals surface area contributed by atoms with Crippen LogP contribution in [0, 0.1) is 5.92 Å². The molecule has 1 aliphatic carbocycles. The molecule has 2 aromatic carbocycles. The lowest BCUT2D eigenvalue weighted by atomic mass is 10.1. The number of rotatable bonds is 7. The van der Waals surface area contributed by atoms with Crippen molar-refractivity contribution in [2.24, 2.45) is 5.92 Å². The number of methoxy groups -OCH3 is 1. The van der Waals surface area contributed by atoms with Gasteiger partial charge >= 0.3 is 0 Å². The van der Waals surface area contributed by atoms with Crippen LogP contribution in [0.2, 0.25) is 0 Å². The number of aromatic nitrogens is 1. The van der Waals surface area contributed by atoms with Crippen LogP contribution in [0.1, 0.15) is 35.0 Å². The van der Waals surface area contributed by atoms with Gasteiger partial charge in [-0.25, -0.2) is 4.98 Å². The van der Waals surface area contributed by atoms with E-state index in [2.05, 4.69) is 11.9 Å². The van der Waals surface area contributed by atoms with E-state index in [1.165, 1.54) is 24.2 Å². The fourth-order valence-corrected chi connectivity index (χ4v) is 4.27. The molecule has 1 saturated carbocycles. The summed E-state index contributed by atoms with van der Waals surface area (Å²) in [6, 6.07) is 18.2. The third-order valence-electron chi connectivity index (χ3n) is 5.31. The van der Waals surface area contributed by atoms with Crippen molar-refractivity contribution in [1.82, 2.24) is 9.88 Å². The van der Waals surface area contributed by atoms with Crippen molar-refractivity contribution in [3.8, 4) is 16.3 Å². The molecule has 0 radical (unpaired) electrons. The van der Waals surface area contributed by atoms with Crippen LogP contribution in [0.25, 0.3) is 10.6 Å². The molecule has 1 aromatic heterocycles. The van der Waals surface area contributed by atoms with Crippen molar-refractivity contribution in [1.29, 1.82) is 0 Å². The van der Waals surface area contributed by atoms with Crippen molar-refractivity contribution < 1.29 is 9.53 Å². The molecule has 0 spiro atoms. The van der Waals surface area contributed by atoms with E-state index in [-0.39, 0.29) is 11.9 Å². The van der Waals surface area contributed by atoms with Crippen LogP contribution in [0.5, 0.6) is 5.75 Å². The lowest BCUT2D eigenvalue weighted by molar-refractivity contribution is 0.0659. The van der Waals surface area contributed by atoms with Gasteiger partial charge in [0.25, 0.3) is 5.91 Å². The Balaban J connectivity index is 1.57. The summed E-state index contributed by atoms with van der Waals surface area (Å²) in [6.45, 7) is 2.76. The Hall–Kier alpha value is -2.66. The third-order valence-corrected chi connectivity index (χ3v) is 6.34. The molecule has 4 nitrogen and oxygen atoms in total. The summed E-state index contributed by atoms with van der Waals surface area (Å²) in [6.07, 6.45) is 4.12. The maximum absolute atomic E-state index is 13.4. The second-order valence-corrected chi connectivity index (χ2v) is 8.29. The first-order valence-corrected chi connectivity index (χ1v) is 10.4. The third kappa shape index (κ3) is 4.09. The van der Waals surface area contributed by atoms with E-state index in [9.17, 15) is 4.79 Å². The number of hydrogen-bond donors (Lipinski definition) is 0. The fourth-order valence-electron chi connectivity index (χ4n) is 3.39. The molecule has 0 bridgehead atoms. The largest absolute Gasteiger partial charge is 0.497 e. The second-order valence-electron chi connectivity index (χ2n) is 7.25. The molecule has 28 heavy (non-hydrogen) atoms. The van der Waals surface area contributed by atoms with Crippen LogP contribution in [0.4, 0.5) is 0 Å². The number of amides is 1. The van der Waals surface area contributed by atoms with E-state index < -0.39 is 0 Å². The number of nitrogens with zero attached hydrogens (tertiary/aromatic N) is 2. The van der Waals surface area contributed by atoms with Gasteiger partial charge in [0.15, 0.2) is 0 Å². The summed E-state index contributed by atoms with van der Waals surface area (Å²) in [5.41, 5.74) is 2.15. The van der Waals surface area contributed by atoms with Crippen molar-refractivity contribution in [2.45, 2.75) is 32.4 Å². The Morgan fingerprint density at radius 2 is 1.89 bits per heavy atom. The predicted molar refractivity (Wildman–Crippen MR) is 113 cm³/mol. The molecule has 4 rings (SSSR count). The highest BCUT2D eigenvalue weighted by molar-refractivity contribution is 7.16. The number of benzene rings is 2. The first kappa shape index (κ1) is 18.7. The Kier molecular flexibility index (Phi) is 5.44. The van der Waals surface area contributed by atoms with Gasteiger partial charge in [-0.1, -0.05) is 42.5 Å². The summed E-state index contributed by atoms with van der Waals surface area (Å²) < 4.78 is 5.24. The van der Waals surface area contributed by atoms with Crippen LogP contribution in [-0.2, 0) is 6.54 Å².